The van der Waals surface area contributed by atoms with Crippen LogP contribution >= 0.6 is 0 Å². The fourth-order valence-electron chi connectivity index (χ4n) is 2.33. The van der Waals surface area contributed by atoms with Crippen LogP contribution in [0.3, 0.4) is 0 Å². The van der Waals surface area contributed by atoms with E-state index >= 15 is 0 Å². The molecule has 1 fully saturated rings. The number of likely N-dealkylation sites (tertiary alicyclic amines) is 1. The molecule has 0 radical (unpaired) electrons. The van der Waals surface area contributed by atoms with E-state index in [9.17, 15) is 13.6 Å². The molecule has 22 heavy (non-hydrogen) atoms. The van der Waals surface area contributed by atoms with Crippen molar-refractivity contribution in [3.63, 3.8) is 0 Å². The molecule has 1 aromatic rings. The third-order valence-electron chi connectivity index (χ3n) is 3.70. The fraction of sp³-hybridized carbons (Fsp3) is 0.533. The molecule has 1 aromatic carbocycles. The van der Waals surface area contributed by atoms with Gasteiger partial charge in [-0.1, -0.05) is 0 Å². The quantitative estimate of drug-likeness (QED) is 0.871. The lowest BCUT2D eigenvalue weighted by molar-refractivity contribution is -0.0564. The normalized spacial score (nSPS) is 18.0. The van der Waals surface area contributed by atoms with Crippen molar-refractivity contribution in [3.8, 4) is 11.5 Å². The first-order valence-corrected chi connectivity index (χ1v) is 7.12. The van der Waals surface area contributed by atoms with Gasteiger partial charge in [-0.3, -0.25) is 9.69 Å². The minimum Gasteiger partial charge on any atom is -0.493 e. The monoisotopic (exact) mass is 314 g/mol. The number of alkyl halides is 2. The number of hydrogen-bond donors (Lipinski definition) is 1. The summed E-state index contributed by atoms with van der Waals surface area (Å²) >= 11 is 0. The number of halogens is 2. The van der Waals surface area contributed by atoms with Crippen molar-refractivity contribution < 1.29 is 23.0 Å². The van der Waals surface area contributed by atoms with Gasteiger partial charge in [0, 0.05) is 38.0 Å². The van der Waals surface area contributed by atoms with Gasteiger partial charge in [0.25, 0.3) is 5.92 Å². The lowest BCUT2D eigenvalue weighted by Crippen LogP contribution is -2.41. The average Bonchev–Trinajstić information content (AvgIpc) is 2.48. The molecule has 0 atom stereocenters. The zero-order valence-corrected chi connectivity index (χ0v) is 12.5. The highest BCUT2D eigenvalue weighted by molar-refractivity contribution is 5.93. The minimum atomic E-state index is -2.55. The maximum Gasteiger partial charge on any atom is 0.250 e. The third-order valence-corrected chi connectivity index (χ3v) is 3.70. The van der Waals surface area contributed by atoms with Gasteiger partial charge in [0.2, 0.25) is 5.91 Å². The zero-order chi connectivity index (χ0) is 16.2. The second-order valence-electron chi connectivity index (χ2n) is 5.28. The molecule has 0 aromatic heterocycles. The van der Waals surface area contributed by atoms with Gasteiger partial charge >= 0.3 is 0 Å². The van der Waals surface area contributed by atoms with E-state index in [1.54, 1.807) is 12.1 Å². The summed E-state index contributed by atoms with van der Waals surface area (Å²) in [6.45, 7) is 1.58. The van der Waals surface area contributed by atoms with Crippen molar-refractivity contribution in [2.24, 2.45) is 5.73 Å². The van der Waals surface area contributed by atoms with E-state index in [0.717, 1.165) is 0 Å². The molecule has 0 bridgehead atoms. The summed E-state index contributed by atoms with van der Waals surface area (Å²) in [6.07, 6.45) is -0.235. The van der Waals surface area contributed by atoms with Crippen LogP contribution in [0.15, 0.2) is 18.2 Å². The van der Waals surface area contributed by atoms with Crippen LogP contribution in [-0.2, 0) is 0 Å². The molecule has 5 nitrogen and oxygen atoms in total. The molecule has 1 aliphatic rings. The Morgan fingerprint density at radius 1 is 1.32 bits per heavy atom. The first-order valence-electron chi connectivity index (χ1n) is 7.12. The van der Waals surface area contributed by atoms with E-state index in [0.29, 0.717) is 43.3 Å². The number of benzene rings is 1. The molecule has 0 unspecified atom stereocenters. The van der Waals surface area contributed by atoms with Crippen LogP contribution in [-0.4, -0.2) is 50.1 Å². The van der Waals surface area contributed by atoms with Gasteiger partial charge in [0.05, 0.1) is 7.11 Å². The van der Waals surface area contributed by atoms with Crippen LogP contribution in [0.2, 0.25) is 0 Å². The van der Waals surface area contributed by atoms with Gasteiger partial charge in [0.15, 0.2) is 11.5 Å². The SMILES string of the molecule is COc1ccc(C(N)=O)cc1OCCN1CCC(F)(F)CC1. The summed E-state index contributed by atoms with van der Waals surface area (Å²) in [6, 6.07) is 4.68. The fourth-order valence-corrected chi connectivity index (χ4v) is 2.33. The van der Waals surface area contributed by atoms with Crippen molar-refractivity contribution >= 4 is 5.91 Å². The largest absolute Gasteiger partial charge is 0.493 e. The Bertz CT molecular complexity index is 528. The number of piperidine rings is 1. The highest BCUT2D eigenvalue weighted by Crippen LogP contribution is 2.29. The van der Waals surface area contributed by atoms with E-state index in [2.05, 4.69) is 0 Å². The predicted octanol–water partition coefficient (Wildman–Crippen LogP) is 1.90. The average molecular weight is 314 g/mol. The van der Waals surface area contributed by atoms with Crippen molar-refractivity contribution in [2.75, 3.05) is 33.4 Å². The highest BCUT2D eigenvalue weighted by atomic mass is 19.3. The summed E-state index contributed by atoms with van der Waals surface area (Å²) in [5.41, 5.74) is 5.56. The van der Waals surface area contributed by atoms with Gasteiger partial charge in [0.1, 0.15) is 6.61 Å². The van der Waals surface area contributed by atoms with E-state index in [-0.39, 0.29) is 12.8 Å². The summed E-state index contributed by atoms with van der Waals surface area (Å²) < 4.78 is 36.9. The van der Waals surface area contributed by atoms with Gasteiger partial charge in [-0.15, -0.1) is 0 Å². The van der Waals surface area contributed by atoms with Crippen LogP contribution in [0.4, 0.5) is 8.78 Å². The number of primary amides is 1. The highest BCUT2D eigenvalue weighted by Gasteiger charge is 2.33. The minimum absolute atomic E-state index is 0.118. The molecule has 1 saturated heterocycles. The molecule has 1 amide bonds. The second kappa shape index (κ2) is 6.91. The zero-order valence-electron chi connectivity index (χ0n) is 12.5. The topological polar surface area (TPSA) is 64.8 Å². The Kier molecular flexibility index (Phi) is 5.18. The molecule has 0 spiro atoms. The summed E-state index contributed by atoms with van der Waals surface area (Å²) in [7, 11) is 1.50. The number of nitrogens with two attached hydrogens (primary N) is 1. The maximum absolute atomic E-state index is 13.1. The van der Waals surface area contributed by atoms with Crippen LogP contribution in [0.25, 0.3) is 0 Å². The summed E-state index contributed by atoms with van der Waals surface area (Å²) in [5, 5.41) is 0. The number of carbonyl (C=O) groups excluding carboxylic acids is 1. The number of rotatable bonds is 6. The first-order chi connectivity index (χ1) is 10.4. The second-order valence-corrected chi connectivity index (χ2v) is 5.28. The Morgan fingerprint density at radius 2 is 2.00 bits per heavy atom. The smallest absolute Gasteiger partial charge is 0.250 e. The number of nitrogens with zero attached hydrogens (tertiary/aromatic N) is 1. The number of carbonyl (C=O) groups is 1. The maximum atomic E-state index is 13.1. The van der Waals surface area contributed by atoms with Crippen LogP contribution in [0.5, 0.6) is 11.5 Å². The molecule has 7 heteroatoms. The number of methoxy groups -OCH3 is 1. The summed E-state index contributed by atoms with van der Waals surface area (Å²) in [4.78, 5) is 13.1. The van der Waals surface area contributed by atoms with Crippen molar-refractivity contribution in [1.29, 1.82) is 0 Å². The molecule has 0 saturated carbocycles. The molecule has 2 N–H and O–H groups in total. The Morgan fingerprint density at radius 3 is 2.59 bits per heavy atom. The van der Waals surface area contributed by atoms with Crippen LogP contribution in [0.1, 0.15) is 23.2 Å². The molecular formula is C15H20F2N2O3. The molecule has 2 rings (SSSR count). The van der Waals surface area contributed by atoms with Gasteiger partial charge in [-0.25, -0.2) is 8.78 Å². The van der Waals surface area contributed by atoms with Crippen molar-refractivity contribution in [2.45, 2.75) is 18.8 Å². The van der Waals surface area contributed by atoms with Gasteiger partial charge in [-0.2, -0.15) is 0 Å². The van der Waals surface area contributed by atoms with Crippen molar-refractivity contribution in [3.05, 3.63) is 23.8 Å². The molecule has 122 valence electrons. The lowest BCUT2D eigenvalue weighted by atomic mass is 10.1. The third kappa shape index (κ3) is 4.30. The number of ether oxygens (including phenoxy) is 2. The van der Waals surface area contributed by atoms with E-state index in [4.69, 9.17) is 15.2 Å². The Hall–Kier alpha value is -1.89. The van der Waals surface area contributed by atoms with Gasteiger partial charge < -0.3 is 15.2 Å². The number of amides is 1. The van der Waals surface area contributed by atoms with Gasteiger partial charge in [-0.05, 0) is 18.2 Å². The van der Waals surface area contributed by atoms with Crippen molar-refractivity contribution in [1.82, 2.24) is 4.90 Å². The van der Waals surface area contributed by atoms with Crippen LogP contribution in [0, 0.1) is 0 Å². The molecule has 1 aliphatic heterocycles. The summed E-state index contributed by atoms with van der Waals surface area (Å²) in [5.74, 6) is -2.18. The van der Waals surface area contributed by atoms with Crippen LogP contribution < -0.4 is 15.2 Å². The van der Waals surface area contributed by atoms with E-state index in [1.165, 1.54) is 13.2 Å². The van der Waals surface area contributed by atoms with E-state index < -0.39 is 11.8 Å². The molecular weight excluding hydrogens is 294 g/mol. The van der Waals surface area contributed by atoms with E-state index in [1.807, 2.05) is 4.90 Å². The number of hydrogen-bond acceptors (Lipinski definition) is 4. The molecule has 0 aliphatic carbocycles. The lowest BCUT2D eigenvalue weighted by Gasteiger charge is -2.31. The predicted molar refractivity (Wildman–Crippen MR) is 77.6 cm³/mol. The Labute approximate surface area is 128 Å². The molecule has 1 heterocycles. The standard InChI is InChI=1S/C15H20F2N2O3/c1-21-12-3-2-11(14(18)20)10-13(12)22-9-8-19-6-4-15(16,17)5-7-19/h2-3,10H,4-9H2,1H3,(H2,18,20). The Balaban J connectivity index is 1.88. The first kappa shape index (κ1) is 16.5.